The molecule has 0 unspecified atom stereocenters. The maximum atomic E-state index is 6.49. The van der Waals surface area contributed by atoms with Crippen LogP contribution in [0, 0.1) is 0 Å². The zero-order valence-electron chi connectivity index (χ0n) is 30.2. The summed E-state index contributed by atoms with van der Waals surface area (Å²) in [6.07, 6.45) is 0. The highest BCUT2D eigenvalue weighted by atomic mass is 16.3. The summed E-state index contributed by atoms with van der Waals surface area (Å²) in [4.78, 5) is 14.8. The van der Waals surface area contributed by atoms with Crippen LogP contribution in [0.15, 0.2) is 199 Å². The first-order chi connectivity index (χ1) is 27.7. The van der Waals surface area contributed by atoms with Gasteiger partial charge in [-0.05, 0) is 82.9 Å². The Bertz CT molecular complexity index is 3180. The van der Waals surface area contributed by atoms with Crippen LogP contribution in [-0.4, -0.2) is 19.5 Å². The highest BCUT2D eigenvalue weighted by Crippen LogP contribution is 2.38. The van der Waals surface area contributed by atoms with Gasteiger partial charge in [0.2, 0.25) is 0 Å². The van der Waals surface area contributed by atoms with Crippen LogP contribution < -0.4 is 0 Å². The molecule has 11 aromatic rings. The minimum atomic E-state index is 0.625. The second-order valence-corrected chi connectivity index (χ2v) is 14.1. The molecule has 8 aromatic carbocycles. The maximum absolute atomic E-state index is 6.49. The lowest BCUT2D eigenvalue weighted by molar-refractivity contribution is 0.669. The van der Waals surface area contributed by atoms with E-state index in [1.54, 1.807) is 0 Å². The summed E-state index contributed by atoms with van der Waals surface area (Å²) >= 11 is 0. The average molecular weight is 717 g/mol. The van der Waals surface area contributed by atoms with Gasteiger partial charge in [-0.15, -0.1) is 0 Å². The molecule has 0 atom stereocenters. The van der Waals surface area contributed by atoms with Gasteiger partial charge < -0.3 is 8.98 Å². The zero-order valence-corrected chi connectivity index (χ0v) is 30.2. The molecule has 5 heteroatoms. The smallest absolute Gasteiger partial charge is 0.164 e. The number of hydrogen-bond acceptors (Lipinski definition) is 4. The van der Waals surface area contributed by atoms with Crippen molar-refractivity contribution in [3.8, 4) is 62.1 Å². The van der Waals surface area contributed by atoms with Gasteiger partial charge in [0.25, 0.3) is 0 Å². The third-order valence-electron chi connectivity index (χ3n) is 10.6. The molecule has 3 aromatic heterocycles. The van der Waals surface area contributed by atoms with Gasteiger partial charge in [0, 0.05) is 43.9 Å². The highest BCUT2D eigenvalue weighted by Gasteiger charge is 2.16. The molecule has 0 aliphatic carbocycles. The van der Waals surface area contributed by atoms with Gasteiger partial charge in [-0.1, -0.05) is 133 Å². The predicted molar refractivity (Wildman–Crippen MR) is 229 cm³/mol. The fourth-order valence-electron chi connectivity index (χ4n) is 7.92. The topological polar surface area (TPSA) is 56.7 Å². The molecule has 0 spiro atoms. The summed E-state index contributed by atoms with van der Waals surface area (Å²) in [5.74, 6) is 1.91. The van der Waals surface area contributed by atoms with Crippen LogP contribution in [0.1, 0.15) is 0 Å². The molecule has 0 aliphatic heterocycles. The van der Waals surface area contributed by atoms with Crippen molar-refractivity contribution in [2.24, 2.45) is 0 Å². The van der Waals surface area contributed by atoms with E-state index < -0.39 is 0 Å². The van der Waals surface area contributed by atoms with Gasteiger partial charge in [-0.3, -0.25) is 0 Å². The average Bonchev–Trinajstić information content (AvgIpc) is 3.82. The Kier molecular flexibility index (Phi) is 7.42. The van der Waals surface area contributed by atoms with Crippen LogP contribution in [-0.2, 0) is 0 Å². The second-order valence-electron chi connectivity index (χ2n) is 14.1. The lowest BCUT2D eigenvalue weighted by atomic mass is 9.99. The number of hydrogen-bond donors (Lipinski definition) is 0. The number of fused-ring (bicyclic) bond motifs is 6. The largest absolute Gasteiger partial charge is 0.456 e. The van der Waals surface area contributed by atoms with Crippen molar-refractivity contribution in [1.82, 2.24) is 19.5 Å². The molecule has 0 N–H and O–H groups in total. The van der Waals surface area contributed by atoms with Crippen LogP contribution >= 0.6 is 0 Å². The number of furan rings is 1. The van der Waals surface area contributed by atoms with E-state index in [1.165, 1.54) is 27.4 Å². The first-order valence-corrected chi connectivity index (χ1v) is 18.8. The van der Waals surface area contributed by atoms with E-state index in [1.807, 2.05) is 60.7 Å². The fourth-order valence-corrected chi connectivity index (χ4v) is 7.92. The molecule has 0 amide bonds. The number of rotatable bonds is 6. The third kappa shape index (κ3) is 5.45. The Morgan fingerprint density at radius 3 is 1.55 bits per heavy atom. The van der Waals surface area contributed by atoms with Crippen LogP contribution in [0.2, 0.25) is 0 Å². The molecule has 0 radical (unpaired) electrons. The van der Waals surface area contributed by atoms with Crippen molar-refractivity contribution in [3.63, 3.8) is 0 Å². The standard InChI is InChI=1S/C51H32N4O/c1-4-13-33(14-5-1)49-52-50(34-15-6-2-7-16-34)54-51(53-49)39-18-12-17-35(29-39)38-23-26-42-44-31-37(25-28-47(44)56-48(42)32-38)36-24-27-46-43(30-36)41-21-10-11-22-45(41)55(46)40-19-8-3-9-20-40/h1-32H. The molecule has 11 rings (SSSR count). The summed E-state index contributed by atoms with van der Waals surface area (Å²) in [5.41, 5.74) is 12.5. The van der Waals surface area contributed by atoms with E-state index in [-0.39, 0.29) is 0 Å². The Morgan fingerprint density at radius 2 is 0.821 bits per heavy atom. The molecule has 0 fully saturated rings. The summed E-state index contributed by atoms with van der Waals surface area (Å²) in [6, 6.07) is 67.5. The monoisotopic (exact) mass is 716 g/mol. The number of nitrogens with zero attached hydrogens (tertiary/aromatic N) is 4. The Labute approximate surface area is 322 Å². The Morgan fingerprint density at radius 1 is 0.304 bits per heavy atom. The fraction of sp³-hybridized carbons (Fsp3) is 0. The third-order valence-corrected chi connectivity index (χ3v) is 10.6. The predicted octanol–water partition coefficient (Wildman–Crippen LogP) is 13.2. The summed E-state index contributed by atoms with van der Waals surface area (Å²) in [6.45, 7) is 0. The van der Waals surface area contributed by atoms with Crippen molar-refractivity contribution >= 4 is 43.7 Å². The second kappa shape index (κ2) is 13.0. The first-order valence-electron chi connectivity index (χ1n) is 18.8. The molecular weight excluding hydrogens is 685 g/mol. The zero-order chi connectivity index (χ0) is 37.0. The van der Waals surface area contributed by atoms with Gasteiger partial charge in [0.15, 0.2) is 17.5 Å². The molecule has 0 bridgehead atoms. The van der Waals surface area contributed by atoms with E-state index in [9.17, 15) is 0 Å². The quantitative estimate of drug-likeness (QED) is 0.172. The van der Waals surface area contributed by atoms with Crippen molar-refractivity contribution in [2.45, 2.75) is 0 Å². The van der Waals surface area contributed by atoms with E-state index in [2.05, 4.69) is 138 Å². The van der Waals surface area contributed by atoms with Crippen LogP contribution in [0.3, 0.4) is 0 Å². The molecule has 0 saturated heterocycles. The van der Waals surface area contributed by atoms with Gasteiger partial charge in [0.1, 0.15) is 11.2 Å². The van der Waals surface area contributed by atoms with Crippen molar-refractivity contribution in [1.29, 1.82) is 0 Å². The molecule has 5 nitrogen and oxygen atoms in total. The van der Waals surface area contributed by atoms with Crippen LogP contribution in [0.4, 0.5) is 0 Å². The summed E-state index contributed by atoms with van der Waals surface area (Å²) in [7, 11) is 0. The lowest BCUT2D eigenvalue weighted by Crippen LogP contribution is -2.00. The van der Waals surface area contributed by atoms with Crippen LogP contribution in [0.5, 0.6) is 0 Å². The van der Waals surface area contributed by atoms with Gasteiger partial charge in [-0.2, -0.15) is 0 Å². The number of aromatic nitrogens is 4. The molecule has 0 aliphatic rings. The van der Waals surface area contributed by atoms with Crippen molar-refractivity contribution < 1.29 is 4.42 Å². The van der Waals surface area contributed by atoms with Gasteiger partial charge in [0.05, 0.1) is 11.0 Å². The Balaban J connectivity index is 0.966. The Hall–Kier alpha value is -7.63. The maximum Gasteiger partial charge on any atom is 0.164 e. The SMILES string of the molecule is c1ccc(-c2nc(-c3ccccc3)nc(-c3cccc(-c4ccc5c(c4)oc4ccc(-c6ccc7c(c6)c6ccccc6n7-c6ccccc6)cc45)c3)n2)cc1. The number of para-hydroxylation sites is 2. The minimum absolute atomic E-state index is 0.625. The van der Waals surface area contributed by atoms with E-state index in [4.69, 9.17) is 19.4 Å². The van der Waals surface area contributed by atoms with Gasteiger partial charge in [-0.25, -0.2) is 15.0 Å². The lowest BCUT2D eigenvalue weighted by Gasteiger charge is -2.09. The molecule has 3 heterocycles. The molecule has 262 valence electrons. The minimum Gasteiger partial charge on any atom is -0.456 e. The molecule has 56 heavy (non-hydrogen) atoms. The molecule has 0 saturated carbocycles. The summed E-state index contributed by atoms with van der Waals surface area (Å²) in [5, 5.41) is 4.65. The normalized spacial score (nSPS) is 11.6. The first kappa shape index (κ1) is 31.9. The number of benzene rings is 8. The summed E-state index contributed by atoms with van der Waals surface area (Å²) < 4.78 is 8.84. The van der Waals surface area contributed by atoms with Gasteiger partial charge >= 0.3 is 0 Å². The van der Waals surface area contributed by atoms with E-state index in [0.717, 1.165) is 61.0 Å². The highest BCUT2D eigenvalue weighted by molar-refractivity contribution is 6.11. The molecular formula is C51H32N4O. The van der Waals surface area contributed by atoms with Crippen molar-refractivity contribution in [2.75, 3.05) is 0 Å². The van der Waals surface area contributed by atoms with Crippen LogP contribution in [0.25, 0.3) is 106 Å². The van der Waals surface area contributed by atoms with E-state index >= 15 is 0 Å². The van der Waals surface area contributed by atoms with Crippen molar-refractivity contribution in [3.05, 3.63) is 194 Å². The van der Waals surface area contributed by atoms with E-state index in [0.29, 0.717) is 17.5 Å².